The zero-order chi connectivity index (χ0) is 19.6. The van der Waals surface area contributed by atoms with E-state index in [4.69, 9.17) is 5.73 Å². The van der Waals surface area contributed by atoms with Crippen LogP contribution < -0.4 is 16.4 Å². The number of amides is 3. The van der Waals surface area contributed by atoms with Gasteiger partial charge in [0.1, 0.15) is 6.04 Å². The third-order valence-corrected chi connectivity index (χ3v) is 5.15. The van der Waals surface area contributed by atoms with Gasteiger partial charge in [-0.05, 0) is 37.1 Å². The largest absolute Gasteiger partial charge is 0.352 e. The van der Waals surface area contributed by atoms with Crippen LogP contribution in [0.3, 0.4) is 0 Å². The molecule has 0 saturated heterocycles. The molecule has 0 fully saturated rings. The summed E-state index contributed by atoms with van der Waals surface area (Å²) in [6.45, 7) is 6.87. The minimum atomic E-state index is -0.697. The number of aromatic nitrogens is 1. The molecule has 3 aromatic rings. The van der Waals surface area contributed by atoms with Crippen LogP contribution in [-0.2, 0) is 11.3 Å². The summed E-state index contributed by atoms with van der Waals surface area (Å²) in [5.41, 5.74) is 8.24. The van der Waals surface area contributed by atoms with Crippen molar-refractivity contribution in [1.29, 1.82) is 0 Å². The summed E-state index contributed by atoms with van der Waals surface area (Å²) in [6, 6.07) is 12.8. The minimum Gasteiger partial charge on any atom is -0.352 e. The number of fused-ring (bicyclic) bond motifs is 3. The number of nitrogens with two attached hydrogens (primary N) is 1. The molecule has 0 aliphatic rings. The Bertz CT molecular complexity index is 992. The molecule has 2 unspecified atom stereocenters. The number of nitrogens with one attached hydrogen (secondary N) is 2. The lowest BCUT2D eigenvalue weighted by Gasteiger charge is -2.22. The number of aryl methyl sites for hydroxylation is 1. The maximum absolute atomic E-state index is 12.7. The molecule has 4 N–H and O–H groups in total. The summed E-state index contributed by atoms with van der Waals surface area (Å²) >= 11 is 0. The number of anilines is 1. The monoisotopic (exact) mass is 366 g/mol. The normalized spacial score (nSPS) is 13.4. The van der Waals surface area contributed by atoms with Crippen molar-refractivity contribution >= 4 is 39.4 Å². The number of hydrogen-bond acceptors (Lipinski definition) is 2. The molecule has 2 atom stereocenters. The first-order valence-electron chi connectivity index (χ1n) is 9.34. The van der Waals surface area contributed by atoms with Crippen molar-refractivity contribution in [3.8, 4) is 0 Å². The van der Waals surface area contributed by atoms with Crippen molar-refractivity contribution in [1.82, 2.24) is 9.88 Å². The van der Waals surface area contributed by atoms with Crippen LogP contribution in [0.15, 0.2) is 42.5 Å². The highest BCUT2D eigenvalue weighted by Gasteiger charge is 2.25. The van der Waals surface area contributed by atoms with Gasteiger partial charge in [-0.15, -0.1) is 0 Å². The molecule has 0 saturated carbocycles. The Kier molecular flexibility index (Phi) is 5.35. The average molecular weight is 366 g/mol. The first-order chi connectivity index (χ1) is 13.0. The van der Waals surface area contributed by atoms with Crippen molar-refractivity contribution in [3.63, 3.8) is 0 Å². The van der Waals surface area contributed by atoms with Crippen LogP contribution in [0.25, 0.3) is 21.8 Å². The third kappa shape index (κ3) is 3.60. The average Bonchev–Trinajstić information content (AvgIpc) is 2.98. The van der Waals surface area contributed by atoms with E-state index in [1.54, 1.807) is 0 Å². The first kappa shape index (κ1) is 18.8. The van der Waals surface area contributed by atoms with Gasteiger partial charge in [0.25, 0.3) is 0 Å². The van der Waals surface area contributed by atoms with Crippen LogP contribution in [0, 0.1) is 5.92 Å². The number of nitrogens with zero attached hydrogens (tertiary/aromatic N) is 1. The lowest BCUT2D eigenvalue weighted by atomic mass is 9.98. The molecule has 0 aliphatic heterocycles. The van der Waals surface area contributed by atoms with Gasteiger partial charge in [0.2, 0.25) is 5.91 Å². The number of urea groups is 1. The van der Waals surface area contributed by atoms with Crippen LogP contribution in [-0.4, -0.2) is 22.5 Å². The minimum absolute atomic E-state index is 0.0248. The predicted octanol–water partition coefficient (Wildman–Crippen LogP) is 3.84. The molecule has 6 nitrogen and oxygen atoms in total. The van der Waals surface area contributed by atoms with Gasteiger partial charge in [-0.3, -0.25) is 4.79 Å². The van der Waals surface area contributed by atoms with Crippen LogP contribution in [0.5, 0.6) is 0 Å². The zero-order valence-electron chi connectivity index (χ0n) is 16.0. The highest BCUT2D eigenvalue weighted by atomic mass is 16.2. The van der Waals surface area contributed by atoms with Crippen molar-refractivity contribution in [2.24, 2.45) is 11.7 Å². The molecular weight excluding hydrogens is 340 g/mol. The lowest BCUT2D eigenvalue weighted by Crippen LogP contribution is -2.49. The highest BCUT2D eigenvalue weighted by Crippen LogP contribution is 2.31. The molecule has 3 amide bonds. The van der Waals surface area contributed by atoms with E-state index in [0.29, 0.717) is 5.69 Å². The van der Waals surface area contributed by atoms with Gasteiger partial charge in [0.05, 0.1) is 0 Å². The van der Waals surface area contributed by atoms with Gasteiger partial charge in [-0.1, -0.05) is 38.5 Å². The molecule has 142 valence electrons. The molecule has 1 heterocycles. The van der Waals surface area contributed by atoms with E-state index in [1.807, 2.05) is 44.2 Å². The quantitative estimate of drug-likeness (QED) is 0.619. The number of rotatable bonds is 6. The molecule has 2 aromatic carbocycles. The van der Waals surface area contributed by atoms with Gasteiger partial charge in [0, 0.05) is 34.0 Å². The van der Waals surface area contributed by atoms with E-state index < -0.39 is 12.1 Å². The Hall–Kier alpha value is -3.02. The Morgan fingerprint density at radius 1 is 1.07 bits per heavy atom. The maximum atomic E-state index is 12.7. The van der Waals surface area contributed by atoms with Crippen molar-refractivity contribution < 1.29 is 9.59 Å². The number of benzene rings is 2. The van der Waals surface area contributed by atoms with Gasteiger partial charge >= 0.3 is 6.03 Å². The SMILES string of the molecule is CCC(C)C(NC(N)=O)C(=O)Nc1ccc2c(c1)c1ccccc1n2CC. The molecule has 0 spiro atoms. The van der Waals surface area contributed by atoms with E-state index in [2.05, 4.69) is 34.3 Å². The molecule has 3 rings (SSSR count). The predicted molar refractivity (Wildman–Crippen MR) is 110 cm³/mol. The molecule has 0 aliphatic carbocycles. The lowest BCUT2D eigenvalue weighted by molar-refractivity contribution is -0.119. The van der Waals surface area contributed by atoms with Crippen LogP contribution >= 0.6 is 0 Å². The fourth-order valence-electron chi connectivity index (χ4n) is 3.55. The number of carbonyl (C=O) groups is 2. The third-order valence-electron chi connectivity index (χ3n) is 5.15. The van der Waals surface area contributed by atoms with Crippen LogP contribution in [0.4, 0.5) is 10.5 Å². The number of para-hydroxylation sites is 1. The topological polar surface area (TPSA) is 89.2 Å². The molecular formula is C21H26N4O2. The van der Waals surface area contributed by atoms with Gasteiger partial charge < -0.3 is 20.9 Å². The van der Waals surface area contributed by atoms with E-state index in [9.17, 15) is 9.59 Å². The Labute approximate surface area is 158 Å². The summed E-state index contributed by atoms with van der Waals surface area (Å²) in [7, 11) is 0. The molecule has 0 bridgehead atoms. The molecule has 1 aromatic heterocycles. The summed E-state index contributed by atoms with van der Waals surface area (Å²) < 4.78 is 2.26. The standard InChI is InChI=1S/C21H26N4O2/c1-4-13(3)19(24-21(22)27)20(26)23-14-10-11-18-16(12-14)15-8-6-7-9-17(15)25(18)5-2/h6-13,19H,4-5H2,1-3H3,(H,23,26)(H3,22,24,27). The van der Waals surface area contributed by atoms with Gasteiger partial charge in [-0.2, -0.15) is 0 Å². The van der Waals surface area contributed by atoms with E-state index >= 15 is 0 Å². The highest BCUT2D eigenvalue weighted by molar-refractivity contribution is 6.10. The summed E-state index contributed by atoms with van der Waals surface area (Å²) in [5.74, 6) is -0.287. The molecule has 27 heavy (non-hydrogen) atoms. The fourth-order valence-corrected chi connectivity index (χ4v) is 3.55. The van der Waals surface area contributed by atoms with E-state index in [-0.39, 0.29) is 11.8 Å². The Balaban J connectivity index is 1.96. The smallest absolute Gasteiger partial charge is 0.312 e. The number of primary amides is 1. The second-order valence-electron chi connectivity index (χ2n) is 6.85. The first-order valence-corrected chi connectivity index (χ1v) is 9.34. The van der Waals surface area contributed by atoms with E-state index in [0.717, 1.165) is 29.3 Å². The van der Waals surface area contributed by atoms with Crippen LogP contribution in [0.2, 0.25) is 0 Å². The van der Waals surface area contributed by atoms with Gasteiger partial charge in [0.15, 0.2) is 0 Å². The van der Waals surface area contributed by atoms with Crippen molar-refractivity contribution in [2.45, 2.75) is 39.8 Å². The zero-order valence-corrected chi connectivity index (χ0v) is 16.0. The number of carbonyl (C=O) groups excluding carboxylic acids is 2. The second-order valence-corrected chi connectivity index (χ2v) is 6.85. The second kappa shape index (κ2) is 7.70. The summed E-state index contributed by atoms with van der Waals surface area (Å²) in [6.07, 6.45) is 0.751. The maximum Gasteiger partial charge on any atom is 0.312 e. The Morgan fingerprint density at radius 2 is 1.78 bits per heavy atom. The van der Waals surface area contributed by atoms with Crippen LogP contribution in [0.1, 0.15) is 27.2 Å². The van der Waals surface area contributed by atoms with Crippen molar-refractivity contribution in [2.75, 3.05) is 5.32 Å². The molecule has 6 heteroatoms. The number of hydrogen-bond donors (Lipinski definition) is 3. The molecule has 0 radical (unpaired) electrons. The summed E-state index contributed by atoms with van der Waals surface area (Å²) in [5, 5.41) is 7.72. The van der Waals surface area contributed by atoms with Crippen molar-refractivity contribution in [3.05, 3.63) is 42.5 Å². The summed E-state index contributed by atoms with van der Waals surface area (Å²) in [4.78, 5) is 24.0. The fraction of sp³-hybridized carbons (Fsp3) is 0.333. The van der Waals surface area contributed by atoms with Gasteiger partial charge in [-0.25, -0.2) is 4.79 Å². The Morgan fingerprint density at radius 3 is 2.44 bits per heavy atom. The van der Waals surface area contributed by atoms with E-state index in [1.165, 1.54) is 5.52 Å².